The monoisotopic (exact) mass is 336 g/mol. The minimum Gasteiger partial charge on any atom is -0.346 e. The van der Waals surface area contributed by atoms with Crippen LogP contribution in [0.4, 0.5) is 0 Å². The molecule has 1 aliphatic carbocycles. The van der Waals surface area contributed by atoms with Gasteiger partial charge in [-0.05, 0) is 24.8 Å². The van der Waals surface area contributed by atoms with Gasteiger partial charge < -0.3 is 5.32 Å². The van der Waals surface area contributed by atoms with Crippen molar-refractivity contribution in [3.63, 3.8) is 0 Å². The predicted molar refractivity (Wildman–Crippen MR) is 84.3 cm³/mol. The fourth-order valence-electron chi connectivity index (χ4n) is 2.67. The van der Waals surface area contributed by atoms with E-state index in [9.17, 15) is 13.2 Å². The summed E-state index contributed by atoms with van der Waals surface area (Å²) < 4.78 is 24.2. The van der Waals surface area contributed by atoms with Crippen molar-refractivity contribution in [3.05, 3.63) is 47.5 Å². The first kappa shape index (κ1) is 15.2. The number of carbonyl (C=O) groups is 1. The molecule has 22 heavy (non-hydrogen) atoms. The average molecular weight is 336 g/mol. The number of nitrogens with one attached hydrogen (secondary N) is 1. The highest BCUT2D eigenvalue weighted by Gasteiger charge is 2.40. The van der Waals surface area contributed by atoms with E-state index in [4.69, 9.17) is 0 Å². The number of aromatic nitrogens is 1. The molecule has 7 heteroatoms. The van der Waals surface area contributed by atoms with E-state index in [-0.39, 0.29) is 4.34 Å². The van der Waals surface area contributed by atoms with Crippen molar-refractivity contribution < 1.29 is 13.2 Å². The molecule has 1 fully saturated rings. The van der Waals surface area contributed by atoms with Gasteiger partial charge in [-0.2, -0.15) is 0 Å². The molecule has 0 spiro atoms. The maximum Gasteiger partial charge on any atom is 0.236 e. The first-order chi connectivity index (χ1) is 10.5. The number of nitrogens with zero attached hydrogens (tertiary/aromatic N) is 1. The number of rotatable bonds is 5. The second-order valence-electron chi connectivity index (χ2n) is 5.41. The van der Waals surface area contributed by atoms with E-state index < -0.39 is 27.0 Å². The number of amides is 1. The van der Waals surface area contributed by atoms with Crippen LogP contribution in [0.25, 0.3) is 0 Å². The van der Waals surface area contributed by atoms with Crippen LogP contribution in [0.3, 0.4) is 0 Å². The van der Waals surface area contributed by atoms with Gasteiger partial charge in [-0.1, -0.05) is 30.3 Å². The van der Waals surface area contributed by atoms with Crippen LogP contribution >= 0.6 is 11.3 Å². The van der Waals surface area contributed by atoms with Gasteiger partial charge in [-0.15, -0.1) is 11.3 Å². The second-order valence-corrected chi connectivity index (χ2v) is 8.46. The number of sulfone groups is 1. The summed E-state index contributed by atoms with van der Waals surface area (Å²) in [5.41, 5.74) is 0.609. The molecule has 0 bridgehead atoms. The lowest BCUT2D eigenvalue weighted by atomic mass is 9.72. The van der Waals surface area contributed by atoms with E-state index in [1.165, 1.54) is 6.20 Å². The Morgan fingerprint density at radius 1 is 1.27 bits per heavy atom. The molecule has 116 valence electrons. The molecular weight excluding hydrogens is 320 g/mol. The van der Waals surface area contributed by atoms with E-state index in [0.29, 0.717) is 0 Å². The lowest BCUT2D eigenvalue weighted by Crippen LogP contribution is -2.52. The van der Waals surface area contributed by atoms with Gasteiger partial charge in [-0.25, -0.2) is 13.4 Å². The molecule has 0 saturated heterocycles. The largest absolute Gasteiger partial charge is 0.346 e. The molecule has 2 aromatic rings. The summed E-state index contributed by atoms with van der Waals surface area (Å²) in [6, 6.07) is 9.70. The zero-order valence-corrected chi connectivity index (χ0v) is 13.5. The molecule has 1 saturated carbocycles. The standard InChI is InChI=1S/C15H16N2O3S2/c18-13(11-22(19,20)14-16-9-10-21-14)17-15(7-4-8-15)12-5-2-1-3-6-12/h1-3,5-6,9-10H,4,7-8,11H2,(H,17,18). The normalized spacial score (nSPS) is 16.7. The average Bonchev–Trinajstić information content (AvgIpc) is 2.98. The van der Waals surface area contributed by atoms with Crippen molar-refractivity contribution in [1.82, 2.24) is 10.3 Å². The molecule has 1 aromatic heterocycles. The molecular formula is C15H16N2O3S2. The molecule has 1 aromatic carbocycles. The van der Waals surface area contributed by atoms with Crippen molar-refractivity contribution in [3.8, 4) is 0 Å². The summed E-state index contributed by atoms with van der Waals surface area (Å²) >= 11 is 1.03. The van der Waals surface area contributed by atoms with Crippen molar-refractivity contribution in [2.75, 3.05) is 5.75 Å². The van der Waals surface area contributed by atoms with Crippen LogP contribution in [0.5, 0.6) is 0 Å². The molecule has 0 radical (unpaired) electrons. The fraction of sp³-hybridized carbons (Fsp3) is 0.333. The molecule has 1 aliphatic rings. The van der Waals surface area contributed by atoms with Gasteiger partial charge in [0.25, 0.3) is 0 Å². The van der Waals surface area contributed by atoms with Crippen molar-refractivity contribution in [2.24, 2.45) is 0 Å². The summed E-state index contributed by atoms with van der Waals surface area (Å²) in [5.74, 6) is -1.03. The SMILES string of the molecule is O=C(CS(=O)(=O)c1nccs1)NC1(c2ccccc2)CCC1. The maximum absolute atomic E-state index is 12.2. The van der Waals surface area contributed by atoms with E-state index in [0.717, 1.165) is 36.2 Å². The number of thiazole rings is 1. The third-order valence-electron chi connectivity index (χ3n) is 3.91. The topological polar surface area (TPSA) is 76.1 Å². The minimum atomic E-state index is -3.66. The van der Waals surface area contributed by atoms with Crippen LogP contribution < -0.4 is 5.32 Å². The smallest absolute Gasteiger partial charge is 0.236 e. The predicted octanol–water partition coefficient (Wildman–Crippen LogP) is 2.11. The first-order valence-corrected chi connectivity index (χ1v) is 9.54. The summed E-state index contributed by atoms with van der Waals surface area (Å²) in [6.45, 7) is 0. The van der Waals surface area contributed by atoms with Gasteiger partial charge in [0.05, 0.1) is 5.54 Å². The zero-order chi connectivity index (χ0) is 15.6. The molecule has 0 unspecified atom stereocenters. The van der Waals surface area contributed by atoms with Crippen LogP contribution in [0.15, 0.2) is 46.2 Å². The summed E-state index contributed by atoms with van der Waals surface area (Å²) in [4.78, 5) is 16.0. The molecule has 0 atom stereocenters. The van der Waals surface area contributed by atoms with E-state index in [1.807, 2.05) is 30.3 Å². The van der Waals surface area contributed by atoms with Crippen LogP contribution in [-0.4, -0.2) is 25.1 Å². The third-order valence-corrected chi connectivity index (χ3v) is 6.80. The molecule has 5 nitrogen and oxygen atoms in total. The lowest BCUT2D eigenvalue weighted by Gasteiger charge is -2.43. The summed E-state index contributed by atoms with van der Waals surface area (Å²) in [6.07, 6.45) is 4.11. The third kappa shape index (κ3) is 2.91. The first-order valence-electron chi connectivity index (χ1n) is 7.01. The Morgan fingerprint density at radius 3 is 2.55 bits per heavy atom. The highest BCUT2D eigenvalue weighted by atomic mass is 32.2. The van der Waals surface area contributed by atoms with Crippen LogP contribution in [0.2, 0.25) is 0 Å². The highest BCUT2D eigenvalue weighted by molar-refractivity contribution is 7.93. The van der Waals surface area contributed by atoms with Gasteiger partial charge in [0.1, 0.15) is 5.75 Å². The van der Waals surface area contributed by atoms with Crippen molar-refractivity contribution >= 4 is 27.1 Å². The quantitative estimate of drug-likeness (QED) is 0.907. The fourth-order valence-corrected chi connectivity index (χ4v) is 4.73. The van der Waals surface area contributed by atoms with Gasteiger partial charge in [0, 0.05) is 11.6 Å². The Balaban J connectivity index is 1.74. The van der Waals surface area contributed by atoms with Crippen LogP contribution in [-0.2, 0) is 20.2 Å². The van der Waals surface area contributed by atoms with Crippen molar-refractivity contribution in [1.29, 1.82) is 0 Å². The van der Waals surface area contributed by atoms with Gasteiger partial charge in [0.15, 0.2) is 0 Å². The van der Waals surface area contributed by atoms with E-state index >= 15 is 0 Å². The molecule has 1 N–H and O–H groups in total. The van der Waals surface area contributed by atoms with Gasteiger partial charge in [-0.3, -0.25) is 4.79 Å². The lowest BCUT2D eigenvalue weighted by molar-refractivity contribution is -0.121. The number of carbonyl (C=O) groups excluding carboxylic acids is 1. The summed E-state index contributed by atoms with van der Waals surface area (Å²) in [5, 5.41) is 4.51. The van der Waals surface area contributed by atoms with Crippen molar-refractivity contribution in [2.45, 2.75) is 29.1 Å². The number of hydrogen-bond donors (Lipinski definition) is 1. The van der Waals surface area contributed by atoms with Crippen LogP contribution in [0, 0.1) is 0 Å². The van der Waals surface area contributed by atoms with Crippen LogP contribution in [0.1, 0.15) is 24.8 Å². The molecule has 0 aliphatic heterocycles. The Kier molecular flexibility index (Phi) is 4.01. The number of benzene rings is 1. The van der Waals surface area contributed by atoms with E-state index in [2.05, 4.69) is 10.3 Å². The minimum absolute atomic E-state index is 0.00924. The molecule has 1 heterocycles. The Bertz CT molecular complexity index is 751. The Morgan fingerprint density at radius 2 is 2.00 bits per heavy atom. The number of hydrogen-bond acceptors (Lipinski definition) is 5. The maximum atomic E-state index is 12.2. The Labute approximate surface area is 133 Å². The van der Waals surface area contributed by atoms with Gasteiger partial charge >= 0.3 is 0 Å². The highest BCUT2D eigenvalue weighted by Crippen LogP contribution is 2.41. The summed E-state index contributed by atoms with van der Waals surface area (Å²) in [7, 11) is -3.66. The zero-order valence-electron chi connectivity index (χ0n) is 11.9. The molecule has 3 rings (SSSR count). The molecule has 1 amide bonds. The van der Waals surface area contributed by atoms with E-state index in [1.54, 1.807) is 5.38 Å². The Hall–Kier alpha value is -1.73. The second kappa shape index (κ2) is 5.81. The van der Waals surface area contributed by atoms with Gasteiger partial charge in [0.2, 0.25) is 20.1 Å².